The zero-order chi connectivity index (χ0) is 48.8. The zero-order valence-corrected chi connectivity index (χ0v) is 45.0. The van der Waals surface area contributed by atoms with Crippen molar-refractivity contribution in [2.24, 2.45) is 0 Å². The van der Waals surface area contributed by atoms with Crippen LogP contribution in [0.15, 0.2) is 36.5 Å². The summed E-state index contributed by atoms with van der Waals surface area (Å²) in [5.41, 5.74) is 0. The molecule has 1 amide bonds. The first-order chi connectivity index (χ1) is 33.0. The van der Waals surface area contributed by atoms with Crippen LogP contribution in [0.3, 0.4) is 0 Å². The van der Waals surface area contributed by atoms with Crippen LogP contribution in [-0.2, 0) is 14.3 Å². The average molecular weight is 943 g/mol. The number of carbonyl (C=O) groups is 2. The van der Waals surface area contributed by atoms with E-state index in [4.69, 9.17) is 4.74 Å². The van der Waals surface area contributed by atoms with Gasteiger partial charge in [-0.25, -0.2) is 0 Å². The highest BCUT2D eigenvalue weighted by Crippen LogP contribution is 2.19. The lowest BCUT2D eigenvalue weighted by Gasteiger charge is -2.24. The molecule has 0 heterocycles. The molecule has 67 heavy (non-hydrogen) atoms. The molecule has 6 heteroatoms. The van der Waals surface area contributed by atoms with Crippen molar-refractivity contribution in [1.29, 1.82) is 0 Å². The van der Waals surface area contributed by atoms with Gasteiger partial charge in [0.25, 0.3) is 0 Å². The van der Waals surface area contributed by atoms with E-state index in [-0.39, 0.29) is 24.9 Å². The molecule has 0 rings (SSSR count). The fraction of sp³-hybridized carbons (Fsp3) is 0.869. The van der Waals surface area contributed by atoms with Gasteiger partial charge in [-0.1, -0.05) is 276 Å². The molecule has 3 unspecified atom stereocenters. The van der Waals surface area contributed by atoms with Gasteiger partial charge in [-0.05, 0) is 64.2 Å². The van der Waals surface area contributed by atoms with E-state index in [0.717, 1.165) is 70.6 Å². The van der Waals surface area contributed by atoms with Gasteiger partial charge in [0.2, 0.25) is 5.91 Å². The minimum absolute atomic E-state index is 0.0562. The lowest BCUT2D eigenvalue weighted by molar-refractivity contribution is -0.151. The van der Waals surface area contributed by atoms with Gasteiger partial charge in [0.05, 0.1) is 25.2 Å². The summed E-state index contributed by atoms with van der Waals surface area (Å²) in [6.45, 7) is 6.48. The molecule has 0 bridgehead atoms. The Labute approximate surface area is 417 Å². The van der Waals surface area contributed by atoms with Crippen LogP contribution >= 0.6 is 0 Å². The summed E-state index contributed by atoms with van der Waals surface area (Å²) < 4.78 is 5.95. The van der Waals surface area contributed by atoms with Crippen molar-refractivity contribution in [1.82, 2.24) is 5.32 Å². The SMILES string of the molecule is CCCCC/C=C\C/C=C\C/C=C\CCCCC(CC(=O)NC(CO)C(O)CCCCCCCCCCCCCCCC)OC(=O)CCCCCCCCCCCCCCCCCCCCC. The first-order valence-corrected chi connectivity index (χ1v) is 29.7. The highest BCUT2D eigenvalue weighted by atomic mass is 16.5. The summed E-state index contributed by atoms with van der Waals surface area (Å²) >= 11 is 0. The summed E-state index contributed by atoms with van der Waals surface area (Å²) in [4.78, 5) is 26.3. The largest absolute Gasteiger partial charge is 0.462 e. The summed E-state index contributed by atoms with van der Waals surface area (Å²) in [6, 6.07) is -0.712. The lowest BCUT2D eigenvalue weighted by atomic mass is 10.0. The Morgan fingerprint density at radius 3 is 1.16 bits per heavy atom. The number of nitrogens with one attached hydrogen (secondary N) is 1. The van der Waals surface area contributed by atoms with Crippen LogP contribution in [0.1, 0.15) is 316 Å². The normalized spacial score (nSPS) is 13.3. The molecular weight excluding hydrogens is 827 g/mol. The number of unbranched alkanes of at least 4 members (excludes halogenated alkanes) is 36. The third kappa shape index (κ3) is 50.3. The number of hydrogen-bond donors (Lipinski definition) is 3. The summed E-state index contributed by atoms with van der Waals surface area (Å²) in [5.74, 6) is -0.494. The molecule has 3 atom stereocenters. The molecule has 0 spiro atoms. The quantitative estimate of drug-likeness (QED) is 0.0321. The van der Waals surface area contributed by atoms with Gasteiger partial charge in [-0.15, -0.1) is 0 Å². The van der Waals surface area contributed by atoms with Crippen molar-refractivity contribution in [2.45, 2.75) is 334 Å². The summed E-state index contributed by atoms with van der Waals surface area (Å²) in [6.07, 6.45) is 66.4. The molecule has 0 radical (unpaired) electrons. The van der Waals surface area contributed by atoms with E-state index in [1.165, 1.54) is 199 Å². The average Bonchev–Trinajstić information content (AvgIpc) is 3.32. The van der Waals surface area contributed by atoms with Crippen LogP contribution in [0.2, 0.25) is 0 Å². The van der Waals surface area contributed by atoms with E-state index < -0.39 is 18.2 Å². The topological polar surface area (TPSA) is 95.9 Å². The number of aliphatic hydroxyl groups is 2. The smallest absolute Gasteiger partial charge is 0.306 e. The Balaban J connectivity index is 4.55. The molecule has 0 saturated heterocycles. The standard InChI is InChI=1S/C61H115NO5/c1-4-7-10-13-16-19-22-25-28-29-30-31-33-36-39-42-45-48-51-54-61(66)67-57(52-49-46-43-40-37-34-32-26-23-20-17-14-11-8-5-2)55-60(65)62-58(56-63)59(64)53-50-47-44-41-38-35-27-24-21-18-15-12-9-6-3/h17,20,26,32,37,40,57-59,63-64H,4-16,18-19,21-25,27-31,33-36,38-39,41-56H2,1-3H3,(H,62,65)/b20-17-,32-26-,40-37-. The Kier molecular flexibility index (Phi) is 53.4. The minimum Gasteiger partial charge on any atom is -0.462 e. The van der Waals surface area contributed by atoms with Crippen LogP contribution in [0.5, 0.6) is 0 Å². The molecular formula is C61H115NO5. The van der Waals surface area contributed by atoms with E-state index in [1.807, 2.05) is 0 Å². The molecule has 0 aliphatic carbocycles. The molecule has 0 aromatic rings. The van der Waals surface area contributed by atoms with Crippen LogP contribution in [0.4, 0.5) is 0 Å². The first kappa shape index (κ1) is 65.1. The number of allylic oxidation sites excluding steroid dienone is 6. The Morgan fingerprint density at radius 2 is 0.761 bits per heavy atom. The maximum Gasteiger partial charge on any atom is 0.306 e. The highest BCUT2D eigenvalue weighted by Gasteiger charge is 2.24. The molecule has 0 aliphatic rings. The molecule has 0 fully saturated rings. The summed E-state index contributed by atoms with van der Waals surface area (Å²) in [7, 11) is 0. The second kappa shape index (κ2) is 55.0. The Morgan fingerprint density at radius 1 is 0.433 bits per heavy atom. The third-order valence-corrected chi connectivity index (χ3v) is 13.7. The Hall–Kier alpha value is -1.92. The number of aliphatic hydroxyl groups excluding tert-OH is 2. The van der Waals surface area contributed by atoms with Gasteiger partial charge in [0.15, 0.2) is 0 Å². The van der Waals surface area contributed by atoms with Gasteiger partial charge in [0.1, 0.15) is 6.10 Å². The molecule has 0 saturated carbocycles. The fourth-order valence-corrected chi connectivity index (χ4v) is 9.20. The molecule has 6 nitrogen and oxygen atoms in total. The molecule has 0 aromatic heterocycles. The number of ether oxygens (including phenoxy) is 1. The zero-order valence-electron chi connectivity index (χ0n) is 45.0. The predicted octanol–water partition coefficient (Wildman–Crippen LogP) is 18.4. The highest BCUT2D eigenvalue weighted by molar-refractivity contribution is 5.77. The van der Waals surface area contributed by atoms with E-state index in [1.54, 1.807) is 0 Å². The number of amides is 1. The molecule has 0 aliphatic heterocycles. The van der Waals surface area contributed by atoms with Crippen molar-refractivity contribution in [3.8, 4) is 0 Å². The maximum absolute atomic E-state index is 13.3. The third-order valence-electron chi connectivity index (χ3n) is 13.7. The maximum atomic E-state index is 13.3. The van der Waals surface area contributed by atoms with Crippen molar-refractivity contribution in [3.05, 3.63) is 36.5 Å². The van der Waals surface area contributed by atoms with Gasteiger partial charge >= 0.3 is 5.97 Å². The monoisotopic (exact) mass is 942 g/mol. The van der Waals surface area contributed by atoms with Gasteiger partial charge in [-0.2, -0.15) is 0 Å². The first-order valence-electron chi connectivity index (χ1n) is 29.7. The Bertz CT molecular complexity index is 1100. The van der Waals surface area contributed by atoms with E-state index in [2.05, 4.69) is 62.5 Å². The van der Waals surface area contributed by atoms with Gasteiger partial charge < -0.3 is 20.3 Å². The number of hydrogen-bond acceptors (Lipinski definition) is 5. The second-order valence-corrected chi connectivity index (χ2v) is 20.4. The second-order valence-electron chi connectivity index (χ2n) is 20.4. The van der Waals surface area contributed by atoms with Crippen molar-refractivity contribution >= 4 is 11.9 Å². The number of rotatable bonds is 54. The lowest BCUT2D eigenvalue weighted by Crippen LogP contribution is -2.46. The molecule has 0 aromatic carbocycles. The fourth-order valence-electron chi connectivity index (χ4n) is 9.20. The minimum atomic E-state index is -0.796. The van der Waals surface area contributed by atoms with E-state index in [9.17, 15) is 19.8 Å². The van der Waals surface area contributed by atoms with Crippen LogP contribution in [0, 0.1) is 0 Å². The van der Waals surface area contributed by atoms with Crippen molar-refractivity contribution < 1.29 is 24.5 Å². The predicted molar refractivity (Wildman–Crippen MR) is 292 cm³/mol. The molecule has 394 valence electrons. The van der Waals surface area contributed by atoms with Crippen molar-refractivity contribution in [2.75, 3.05) is 6.61 Å². The van der Waals surface area contributed by atoms with E-state index >= 15 is 0 Å². The summed E-state index contributed by atoms with van der Waals surface area (Å²) in [5, 5.41) is 23.9. The van der Waals surface area contributed by atoms with Crippen LogP contribution in [-0.4, -0.2) is 46.9 Å². The van der Waals surface area contributed by atoms with Crippen LogP contribution in [0.25, 0.3) is 0 Å². The van der Waals surface area contributed by atoms with Gasteiger partial charge in [0, 0.05) is 6.42 Å². The van der Waals surface area contributed by atoms with Gasteiger partial charge in [-0.3, -0.25) is 9.59 Å². The molecule has 3 N–H and O–H groups in total. The number of esters is 1. The van der Waals surface area contributed by atoms with Crippen molar-refractivity contribution in [3.63, 3.8) is 0 Å². The van der Waals surface area contributed by atoms with E-state index in [0.29, 0.717) is 19.3 Å². The van der Waals surface area contributed by atoms with Crippen LogP contribution < -0.4 is 5.32 Å². The number of carbonyl (C=O) groups excluding carboxylic acids is 2.